The van der Waals surface area contributed by atoms with E-state index in [1.54, 1.807) is 11.8 Å². The molecule has 1 aliphatic heterocycles. The molecule has 0 bridgehead atoms. The lowest BCUT2D eigenvalue weighted by Crippen LogP contribution is -2.25. The quantitative estimate of drug-likeness (QED) is 0.750. The van der Waals surface area contributed by atoms with Gasteiger partial charge < -0.3 is 10.6 Å². The van der Waals surface area contributed by atoms with Crippen molar-refractivity contribution in [1.29, 1.82) is 0 Å². The molecule has 0 radical (unpaired) electrons. The summed E-state index contributed by atoms with van der Waals surface area (Å²) in [5.41, 5.74) is 3.34. The van der Waals surface area contributed by atoms with E-state index in [1.165, 1.54) is 0 Å². The normalized spacial score (nSPS) is 13.1. The van der Waals surface area contributed by atoms with Crippen molar-refractivity contribution in [3.05, 3.63) is 41.2 Å². The van der Waals surface area contributed by atoms with E-state index in [1.807, 2.05) is 24.3 Å². The average Bonchev–Trinajstić information content (AvgIpc) is 2.92. The van der Waals surface area contributed by atoms with Gasteiger partial charge in [0.25, 0.3) is 5.91 Å². The maximum Gasteiger partial charge on any atom is 0.276 e. The number of anilines is 1. The number of amides is 1. The predicted octanol–water partition coefficient (Wildman–Crippen LogP) is 2.84. The van der Waals surface area contributed by atoms with Crippen molar-refractivity contribution in [2.45, 2.75) is 24.8 Å². The minimum absolute atomic E-state index is 0. The number of nitrogens with one attached hydrogen (secondary N) is 3. The van der Waals surface area contributed by atoms with Crippen LogP contribution in [0.5, 0.6) is 0 Å². The fraction of sp³-hybridized carbons (Fsp3) is 0.333. The largest absolute Gasteiger partial charge is 0.321 e. The molecule has 1 aliphatic rings. The number of benzene rings is 1. The third-order valence-corrected chi connectivity index (χ3v) is 4.30. The highest BCUT2D eigenvalue weighted by Gasteiger charge is 2.21. The second-order valence-electron chi connectivity index (χ2n) is 4.87. The molecule has 1 amide bonds. The zero-order chi connectivity index (χ0) is 14.7. The van der Waals surface area contributed by atoms with E-state index in [0.717, 1.165) is 40.6 Å². The molecule has 0 aliphatic carbocycles. The smallest absolute Gasteiger partial charge is 0.276 e. The van der Waals surface area contributed by atoms with Crippen LogP contribution in [0.15, 0.2) is 29.2 Å². The lowest BCUT2D eigenvalue weighted by molar-refractivity contribution is 0.102. The Morgan fingerprint density at radius 2 is 2.32 bits per heavy atom. The van der Waals surface area contributed by atoms with Gasteiger partial charge in [-0.3, -0.25) is 9.89 Å². The van der Waals surface area contributed by atoms with Crippen LogP contribution in [0.25, 0.3) is 0 Å². The molecule has 0 spiro atoms. The van der Waals surface area contributed by atoms with Gasteiger partial charge in [-0.15, -0.1) is 24.2 Å². The molecule has 3 rings (SSSR count). The average molecular weight is 339 g/mol. The standard InChI is InChI=1S/C15H18N4OS.ClH/c1-2-21-11-5-3-4-10(8-11)17-15(20)14-12-9-16-7-6-13(12)18-19-14;/h3-5,8,16H,2,6-7,9H2,1H3,(H,17,20)(H,18,19);1H. The summed E-state index contributed by atoms with van der Waals surface area (Å²) in [6.45, 7) is 3.73. The molecule has 2 heterocycles. The molecule has 0 unspecified atom stereocenters. The van der Waals surface area contributed by atoms with Gasteiger partial charge in [-0.1, -0.05) is 13.0 Å². The molecule has 22 heavy (non-hydrogen) atoms. The van der Waals surface area contributed by atoms with Gasteiger partial charge in [0.05, 0.1) is 0 Å². The number of carbonyl (C=O) groups excluding carboxylic acids is 1. The summed E-state index contributed by atoms with van der Waals surface area (Å²) in [5.74, 6) is 0.852. The van der Waals surface area contributed by atoms with Crippen LogP contribution in [0, 0.1) is 0 Å². The molecule has 5 nitrogen and oxygen atoms in total. The molecule has 0 atom stereocenters. The Kier molecular flexibility index (Phi) is 5.88. The van der Waals surface area contributed by atoms with Crippen LogP contribution >= 0.6 is 24.2 Å². The fourth-order valence-electron chi connectivity index (χ4n) is 2.43. The SMILES string of the molecule is CCSc1cccc(NC(=O)c2n[nH]c3c2CNCC3)c1.Cl. The monoisotopic (exact) mass is 338 g/mol. The van der Waals surface area contributed by atoms with E-state index in [0.29, 0.717) is 12.2 Å². The first-order chi connectivity index (χ1) is 10.3. The number of halogens is 1. The zero-order valence-corrected chi connectivity index (χ0v) is 13.9. The first-order valence-electron chi connectivity index (χ1n) is 7.09. The van der Waals surface area contributed by atoms with Crippen molar-refractivity contribution < 1.29 is 4.79 Å². The zero-order valence-electron chi connectivity index (χ0n) is 12.3. The van der Waals surface area contributed by atoms with Crippen LogP contribution in [0.2, 0.25) is 0 Å². The molecule has 1 aromatic heterocycles. The Balaban J connectivity index is 0.00000176. The van der Waals surface area contributed by atoms with Crippen LogP contribution in [-0.2, 0) is 13.0 Å². The minimum Gasteiger partial charge on any atom is -0.321 e. The van der Waals surface area contributed by atoms with E-state index >= 15 is 0 Å². The first-order valence-corrected chi connectivity index (χ1v) is 8.07. The fourth-order valence-corrected chi connectivity index (χ4v) is 3.15. The predicted molar refractivity (Wildman–Crippen MR) is 92.0 cm³/mol. The molecule has 3 N–H and O–H groups in total. The number of H-pyrrole nitrogens is 1. The number of aromatic amines is 1. The van der Waals surface area contributed by atoms with Crippen molar-refractivity contribution in [3.63, 3.8) is 0 Å². The number of aromatic nitrogens is 2. The van der Waals surface area contributed by atoms with Crippen molar-refractivity contribution in [2.24, 2.45) is 0 Å². The third-order valence-electron chi connectivity index (χ3n) is 3.42. The van der Waals surface area contributed by atoms with Crippen molar-refractivity contribution >= 4 is 35.8 Å². The minimum atomic E-state index is -0.158. The summed E-state index contributed by atoms with van der Waals surface area (Å²) in [7, 11) is 0. The lowest BCUT2D eigenvalue weighted by Gasteiger charge is -2.13. The van der Waals surface area contributed by atoms with Crippen LogP contribution in [0.4, 0.5) is 5.69 Å². The third kappa shape index (κ3) is 3.63. The van der Waals surface area contributed by atoms with Gasteiger partial charge in [-0.2, -0.15) is 5.10 Å². The summed E-state index contributed by atoms with van der Waals surface area (Å²) in [6, 6.07) is 7.89. The highest BCUT2D eigenvalue weighted by Crippen LogP contribution is 2.22. The van der Waals surface area contributed by atoms with E-state index < -0.39 is 0 Å². The van der Waals surface area contributed by atoms with Gasteiger partial charge >= 0.3 is 0 Å². The second-order valence-corrected chi connectivity index (χ2v) is 6.21. The van der Waals surface area contributed by atoms with Crippen LogP contribution < -0.4 is 10.6 Å². The van der Waals surface area contributed by atoms with E-state index in [4.69, 9.17) is 0 Å². The van der Waals surface area contributed by atoms with Crippen molar-refractivity contribution in [3.8, 4) is 0 Å². The second kappa shape index (κ2) is 7.67. The number of hydrogen-bond donors (Lipinski definition) is 3. The van der Waals surface area contributed by atoms with E-state index in [-0.39, 0.29) is 18.3 Å². The molecule has 0 saturated carbocycles. The number of nitrogens with zero attached hydrogens (tertiary/aromatic N) is 1. The number of carbonyl (C=O) groups is 1. The Hall–Kier alpha value is -1.50. The van der Waals surface area contributed by atoms with Gasteiger partial charge in [0, 0.05) is 41.4 Å². The van der Waals surface area contributed by atoms with Crippen molar-refractivity contribution in [2.75, 3.05) is 17.6 Å². The first kappa shape index (κ1) is 16.9. The highest BCUT2D eigenvalue weighted by molar-refractivity contribution is 7.99. The molecule has 0 fully saturated rings. The molecule has 0 saturated heterocycles. The van der Waals surface area contributed by atoms with Gasteiger partial charge in [-0.05, 0) is 24.0 Å². The molecular weight excluding hydrogens is 320 g/mol. The van der Waals surface area contributed by atoms with Gasteiger partial charge in [0.15, 0.2) is 5.69 Å². The highest BCUT2D eigenvalue weighted by atomic mass is 35.5. The molecule has 2 aromatic rings. The molecule has 1 aromatic carbocycles. The summed E-state index contributed by atoms with van der Waals surface area (Å²) < 4.78 is 0. The van der Waals surface area contributed by atoms with Gasteiger partial charge in [0.1, 0.15) is 0 Å². The van der Waals surface area contributed by atoms with Crippen LogP contribution in [0.1, 0.15) is 28.7 Å². The van der Waals surface area contributed by atoms with Gasteiger partial charge in [0.2, 0.25) is 0 Å². The summed E-state index contributed by atoms with van der Waals surface area (Å²) >= 11 is 1.75. The molecular formula is C15H19ClN4OS. The Morgan fingerprint density at radius 1 is 1.45 bits per heavy atom. The molecule has 7 heteroatoms. The molecule has 118 valence electrons. The van der Waals surface area contributed by atoms with Gasteiger partial charge in [-0.25, -0.2) is 0 Å². The van der Waals surface area contributed by atoms with Crippen molar-refractivity contribution in [1.82, 2.24) is 15.5 Å². The number of fused-ring (bicyclic) bond motifs is 1. The van der Waals surface area contributed by atoms with E-state index in [9.17, 15) is 4.79 Å². The Morgan fingerprint density at radius 3 is 3.14 bits per heavy atom. The topological polar surface area (TPSA) is 69.8 Å². The number of thioether (sulfide) groups is 1. The summed E-state index contributed by atoms with van der Waals surface area (Å²) in [4.78, 5) is 13.5. The number of rotatable bonds is 4. The maximum absolute atomic E-state index is 12.4. The summed E-state index contributed by atoms with van der Waals surface area (Å²) in [6.07, 6.45) is 0.887. The van der Waals surface area contributed by atoms with E-state index in [2.05, 4.69) is 27.8 Å². The Bertz CT molecular complexity index is 659. The number of hydrogen-bond acceptors (Lipinski definition) is 4. The Labute approximate surface area is 140 Å². The summed E-state index contributed by atoms with van der Waals surface area (Å²) in [5, 5.41) is 13.3. The maximum atomic E-state index is 12.4. The van der Waals surface area contributed by atoms with Crippen LogP contribution in [0.3, 0.4) is 0 Å². The lowest BCUT2D eigenvalue weighted by atomic mass is 10.1. The van der Waals surface area contributed by atoms with Crippen LogP contribution in [-0.4, -0.2) is 28.4 Å².